The van der Waals surface area contributed by atoms with Crippen molar-refractivity contribution in [1.29, 1.82) is 0 Å². The van der Waals surface area contributed by atoms with Crippen LogP contribution in [0, 0.1) is 12.3 Å². The molecule has 0 aromatic carbocycles. The van der Waals surface area contributed by atoms with Crippen molar-refractivity contribution in [3.8, 4) is 12.3 Å². The predicted molar refractivity (Wildman–Crippen MR) is 29.7 cm³/mol. The molecule has 0 aliphatic carbocycles. The molecule has 0 rings (SSSR count). The third kappa shape index (κ3) is 3.08. The van der Waals surface area contributed by atoms with Crippen LogP contribution in [0.25, 0.3) is 0 Å². The summed E-state index contributed by atoms with van der Waals surface area (Å²) < 4.78 is 0. The van der Waals surface area contributed by atoms with E-state index in [0.29, 0.717) is 6.42 Å². The molecule has 0 saturated heterocycles. The van der Waals surface area contributed by atoms with Crippen LogP contribution in [0.15, 0.2) is 12.7 Å². The van der Waals surface area contributed by atoms with Gasteiger partial charge in [-0.2, -0.15) is 0 Å². The molecule has 1 nitrogen and oxygen atoms in total. The lowest BCUT2D eigenvalue weighted by atomic mass is 10.3. The van der Waals surface area contributed by atoms with Crippen LogP contribution in [0.3, 0.4) is 0 Å². The summed E-state index contributed by atoms with van der Waals surface area (Å²) in [5.74, 6) is 2.30. The predicted octanol–water partition coefficient (Wildman–Crippen LogP) is 0.557. The molecule has 0 spiro atoms. The fraction of sp³-hybridized carbons (Fsp3) is 0.333. The van der Waals surface area contributed by atoms with E-state index in [4.69, 9.17) is 11.5 Å². The molecule has 0 aliphatic heterocycles. The summed E-state index contributed by atoms with van der Waals surface area (Å²) in [4.78, 5) is 0. The monoisotopic (exact) mass is 96.1 g/mol. The highest BCUT2D eigenvalue weighted by molar-refractivity contribution is 4.92. The number of hydrogen-bond acceptors (Lipinski definition) is 1. The van der Waals surface area contributed by atoms with Gasteiger partial charge in [-0.3, -0.25) is 0 Å². The van der Waals surface area contributed by atoms with E-state index in [-0.39, 0.29) is 0 Å². The molecule has 1 atom stereocenters. The van der Waals surface area contributed by atoms with Crippen LogP contribution < -0.4 is 0 Å². The first-order valence-electron chi connectivity index (χ1n) is 2.05. The maximum absolute atomic E-state index is 8.60. The average Bonchev–Trinajstić information content (AvgIpc) is 1.68. The van der Waals surface area contributed by atoms with E-state index in [9.17, 15) is 0 Å². The maximum atomic E-state index is 8.60. The van der Waals surface area contributed by atoms with Crippen molar-refractivity contribution in [3.05, 3.63) is 12.7 Å². The van der Waals surface area contributed by atoms with Crippen LogP contribution in [0.5, 0.6) is 0 Å². The van der Waals surface area contributed by atoms with Crippen molar-refractivity contribution in [3.63, 3.8) is 0 Å². The van der Waals surface area contributed by atoms with E-state index >= 15 is 0 Å². The van der Waals surface area contributed by atoms with E-state index in [2.05, 4.69) is 12.5 Å². The molecule has 1 unspecified atom stereocenters. The summed E-state index contributed by atoms with van der Waals surface area (Å²) in [7, 11) is 0. The van der Waals surface area contributed by atoms with Crippen molar-refractivity contribution in [1.82, 2.24) is 0 Å². The number of hydrogen-bond donors (Lipinski definition) is 1. The average molecular weight is 96.1 g/mol. The Balaban J connectivity index is 3.21. The summed E-state index contributed by atoms with van der Waals surface area (Å²) >= 11 is 0. The van der Waals surface area contributed by atoms with Gasteiger partial charge < -0.3 is 5.11 Å². The van der Waals surface area contributed by atoms with E-state index in [1.807, 2.05) is 0 Å². The quantitative estimate of drug-likeness (QED) is 0.393. The van der Waals surface area contributed by atoms with Gasteiger partial charge in [0.2, 0.25) is 0 Å². The Bertz CT molecular complexity index is 88.8. The molecule has 0 saturated carbocycles. The largest absolute Gasteiger partial charge is 0.388 e. The number of aliphatic hydroxyl groups is 1. The molecule has 1 N–H and O–H groups in total. The van der Waals surface area contributed by atoms with E-state index in [0.717, 1.165) is 0 Å². The third-order valence-electron chi connectivity index (χ3n) is 0.599. The standard InChI is InChI=1S/C6H8O/c1-3-5-6(7)4-2/h1,4,6-7H,2,5H2. The SMILES string of the molecule is C#CCC(O)C=C. The van der Waals surface area contributed by atoms with Gasteiger partial charge in [0.05, 0.1) is 6.10 Å². The second-order valence-corrected chi connectivity index (χ2v) is 1.21. The Labute approximate surface area is 43.7 Å². The van der Waals surface area contributed by atoms with Crippen LogP contribution in [0.4, 0.5) is 0 Å². The molecule has 1 heteroatoms. The molecule has 0 fully saturated rings. The highest BCUT2D eigenvalue weighted by Gasteiger charge is 1.89. The maximum Gasteiger partial charge on any atom is 0.0827 e. The second-order valence-electron chi connectivity index (χ2n) is 1.21. The Morgan fingerprint density at radius 2 is 2.57 bits per heavy atom. The number of terminal acetylenes is 1. The molecule has 0 radical (unpaired) electrons. The lowest BCUT2D eigenvalue weighted by Crippen LogP contribution is -1.97. The fourth-order valence-corrected chi connectivity index (χ4v) is 0.204. The van der Waals surface area contributed by atoms with Gasteiger partial charge in [0.15, 0.2) is 0 Å². The topological polar surface area (TPSA) is 20.2 Å². The summed E-state index contributed by atoms with van der Waals surface area (Å²) in [5, 5.41) is 8.60. The van der Waals surface area contributed by atoms with Gasteiger partial charge >= 0.3 is 0 Å². The Morgan fingerprint density at radius 1 is 2.00 bits per heavy atom. The van der Waals surface area contributed by atoms with Gasteiger partial charge in [-0.1, -0.05) is 6.08 Å². The molecule has 0 aromatic heterocycles. The van der Waals surface area contributed by atoms with Crippen molar-refractivity contribution >= 4 is 0 Å². The minimum Gasteiger partial charge on any atom is -0.388 e. The zero-order chi connectivity index (χ0) is 5.70. The van der Waals surface area contributed by atoms with Gasteiger partial charge in [0.1, 0.15) is 0 Å². The molecule has 0 amide bonds. The van der Waals surface area contributed by atoms with Crippen molar-refractivity contribution in [2.75, 3.05) is 0 Å². The van der Waals surface area contributed by atoms with Crippen molar-refractivity contribution in [2.24, 2.45) is 0 Å². The molecular weight excluding hydrogens is 88.1 g/mol. The van der Waals surface area contributed by atoms with E-state index in [1.165, 1.54) is 6.08 Å². The van der Waals surface area contributed by atoms with E-state index < -0.39 is 6.10 Å². The van der Waals surface area contributed by atoms with Crippen LogP contribution in [-0.4, -0.2) is 11.2 Å². The lowest BCUT2D eigenvalue weighted by molar-refractivity contribution is 0.230. The smallest absolute Gasteiger partial charge is 0.0827 e. The summed E-state index contributed by atoms with van der Waals surface area (Å²) in [5.41, 5.74) is 0. The lowest BCUT2D eigenvalue weighted by Gasteiger charge is -1.93. The van der Waals surface area contributed by atoms with Crippen molar-refractivity contribution < 1.29 is 5.11 Å². The molecule has 0 aliphatic rings. The summed E-state index contributed by atoms with van der Waals surface area (Å²) in [6.07, 6.45) is 6.11. The Morgan fingerprint density at radius 3 is 2.71 bits per heavy atom. The van der Waals surface area contributed by atoms with Crippen LogP contribution in [-0.2, 0) is 0 Å². The highest BCUT2D eigenvalue weighted by atomic mass is 16.3. The normalized spacial score (nSPS) is 12.0. The summed E-state index contributed by atoms with van der Waals surface area (Å²) in [6.45, 7) is 3.33. The first-order valence-corrected chi connectivity index (χ1v) is 2.05. The molecule has 0 heterocycles. The Hall–Kier alpha value is -0.740. The van der Waals surface area contributed by atoms with Crippen LogP contribution >= 0.6 is 0 Å². The molecular formula is C6H8O. The summed E-state index contributed by atoms with van der Waals surface area (Å²) in [6, 6.07) is 0. The molecule has 0 aromatic rings. The van der Waals surface area contributed by atoms with Gasteiger partial charge in [0.25, 0.3) is 0 Å². The van der Waals surface area contributed by atoms with Gasteiger partial charge in [-0.25, -0.2) is 0 Å². The first-order chi connectivity index (χ1) is 3.31. The minimum absolute atomic E-state index is 0.365. The third-order valence-corrected chi connectivity index (χ3v) is 0.599. The van der Waals surface area contributed by atoms with Crippen LogP contribution in [0.2, 0.25) is 0 Å². The minimum atomic E-state index is -0.523. The van der Waals surface area contributed by atoms with Gasteiger partial charge in [0, 0.05) is 6.42 Å². The van der Waals surface area contributed by atoms with Gasteiger partial charge in [-0.15, -0.1) is 18.9 Å². The molecule has 7 heavy (non-hydrogen) atoms. The fourth-order valence-electron chi connectivity index (χ4n) is 0.204. The molecule has 0 bridgehead atoms. The number of aliphatic hydroxyl groups excluding tert-OH is 1. The van der Waals surface area contributed by atoms with E-state index in [1.54, 1.807) is 0 Å². The Kier molecular flexibility index (Phi) is 3.09. The highest BCUT2D eigenvalue weighted by Crippen LogP contribution is 1.86. The van der Waals surface area contributed by atoms with Gasteiger partial charge in [-0.05, 0) is 0 Å². The molecule has 38 valence electrons. The zero-order valence-corrected chi connectivity index (χ0v) is 4.09. The zero-order valence-electron chi connectivity index (χ0n) is 4.09. The van der Waals surface area contributed by atoms with Crippen LogP contribution in [0.1, 0.15) is 6.42 Å². The first kappa shape index (κ1) is 6.26. The second kappa shape index (κ2) is 3.45. The number of rotatable bonds is 2. The van der Waals surface area contributed by atoms with Crippen molar-refractivity contribution in [2.45, 2.75) is 12.5 Å².